The van der Waals surface area contributed by atoms with Gasteiger partial charge in [0, 0.05) is 12.1 Å². The summed E-state index contributed by atoms with van der Waals surface area (Å²) in [5.41, 5.74) is 6.12. The summed E-state index contributed by atoms with van der Waals surface area (Å²) >= 11 is 0. The molecule has 0 unspecified atom stereocenters. The van der Waals surface area contributed by atoms with Crippen molar-refractivity contribution in [1.29, 1.82) is 0 Å². The Labute approximate surface area is 97.6 Å². The van der Waals surface area contributed by atoms with Crippen molar-refractivity contribution in [3.63, 3.8) is 0 Å². The van der Waals surface area contributed by atoms with Gasteiger partial charge in [0.2, 0.25) is 0 Å². The van der Waals surface area contributed by atoms with Gasteiger partial charge in [-0.2, -0.15) is 11.0 Å². The van der Waals surface area contributed by atoms with Crippen LogP contribution in [0.4, 0.5) is 0 Å². The van der Waals surface area contributed by atoms with Crippen LogP contribution in [0, 0.1) is 0 Å². The Hall–Kier alpha value is -0.680. The molecule has 1 aliphatic carbocycles. The van der Waals surface area contributed by atoms with Crippen molar-refractivity contribution >= 4 is 0 Å². The summed E-state index contributed by atoms with van der Waals surface area (Å²) in [6, 6.07) is 0.608. The summed E-state index contributed by atoms with van der Waals surface area (Å²) in [5.74, 6) is 0. The van der Waals surface area contributed by atoms with Crippen LogP contribution in [0.1, 0.15) is 25.7 Å². The minimum atomic E-state index is 0.304. The average Bonchev–Trinajstić information content (AvgIpc) is 2.32. The van der Waals surface area contributed by atoms with Crippen LogP contribution in [-0.2, 0) is 9.68 Å². The molecule has 4 heteroatoms. The fourth-order valence-electron chi connectivity index (χ4n) is 1.84. The lowest BCUT2D eigenvalue weighted by molar-refractivity contribution is -0.0321. The summed E-state index contributed by atoms with van der Waals surface area (Å²) < 4.78 is 0. The Balaban J connectivity index is 2.25. The van der Waals surface area contributed by atoms with Gasteiger partial charge in [-0.05, 0) is 12.8 Å². The molecule has 1 fully saturated rings. The molecule has 2 N–H and O–H groups in total. The van der Waals surface area contributed by atoms with Crippen LogP contribution in [0.3, 0.4) is 0 Å². The molecule has 2 atom stereocenters. The van der Waals surface area contributed by atoms with Crippen LogP contribution in [0.25, 0.3) is 0 Å². The van der Waals surface area contributed by atoms with Gasteiger partial charge in [0.1, 0.15) is 0 Å². The predicted molar refractivity (Wildman–Crippen MR) is 64.6 cm³/mol. The molecule has 0 bridgehead atoms. The molecule has 4 nitrogen and oxygen atoms in total. The summed E-state index contributed by atoms with van der Waals surface area (Å²) in [4.78, 5) is 10.6. The molecule has 0 saturated heterocycles. The van der Waals surface area contributed by atoms with Gasteiger partial charge in [0.05, 0.1) is 13.2 Å². The van der Waals surface area contributed by atoms with Gasteiger partial charge in [0.15, 0.2) is 0 Å². The Morgan fingerprint density at radius 1 is 0.938 bits per heavy atom. The van der Waals surface area contributed by atoms with Crippen LogP contribution >= 0.6 is 0 Å². The van der Waals surface area contributed by atoms with Crippen LogP contribution in [-0.4, -0.2) is 25.3 Å². The maximum absolute atomic E-state index is 5.28. The maximum atomic E-state index is 5.28. The highest BCUT2D eigenvalue weighted by Crippen LogP contribution is 2.18. The van der Waals surface area contributed by atoms with Crippen molar-refractivity contribution in [1.82, 2.24) is 11.0 Å². The lowest BCUT2D eigenvalue weighted by Gasteiger charge is -2.31. The zero-order valence-electron chi connectivity index (χ0n) is 9.78. The molecule has 0 aromatic carbocycles. The second kappa shape index (κ2) is 8.47. The SMILES string of the molecule is C=CCON[C@@H]1CCCC[C@H]1NOCC=C. The molecular formula is C12H22N2O2. The normalized spacial score (nSPS) is 25.2. The first kappa shape index (κ1) is 13.4. The van der Waals surface area contributed by atoms with E-state index in [1.807, 2.05) is 0 Å². The minimum absolute atomic E-state index is 0.304. The van der Waals surface area contributed by atoms with Gasteiger partial charge >= 0.3 is 0 Å². The first-order valence-corrected chi connectivity index (χ1v) is 5.85. The molecule has 0 aromatic rings. The third-order valence-electron chi connectivity index (χ3n) is 2.64. The van der Waals surface area contributed by atoms with Crippen LogP contribution < -0.4 is 11.0 Å². The number of hydroxylamine groups is 2. The minimum Gasteiger partial charge on any atom is -0.297 e. The number of rotatable bonds is 8. The van der Waals surface area contributed by atoms with E-state index < -0.39 is 0 Å². The molecule has 0 spiro atoms. The molecule has 1 saturated carbocycles. The summed E-state index contributed by atoms with van der Waals surface area (Å²) in [6.07, 6.45) is 8.13. The van der Waals surface area contributed by atoms with Crippen molar-refractivity contribution in [3.05, 3.63) is 25.3 Å². The zero-order chi connectivity index (χ0) is 11.6. The number of nitrogens with one attached hydrogen (secondary N) is 2. The molecule has 0 heterocycles. The topological polar surface area (TPSA) is 42.5 Å². The highest BCUT2D eigenvalue weighted by molar-refractivity contribution is 4.82. The van der Waals surface area contributed by atoms with E-state index in [2.05, 4.69) is 24.1 Å². The van der Waals surface area contributed by atoms with Gasteiger partial charge in [-0.1, -0.05) is 25.0 Å². The number of hydrogen-bond donors (Lipinski definition) is 2. The van der Waals surface area contributed by atoms with E-state index in [0.717, 1.165) is 12.8 Å². The quantitative estimate of drug-likeness (QED) is 0.376. The molecule has 0 aliphatic heterocycles. The van der Waals surface area contributed by atoms with Gasteiger partial charge in [-0.25, -0.2) is 0 Å². The van der Waals surface area contributed by atoms with Crippen LogP contribution in [0.5, 0.6) is 0 Å². The average molecular weight is 226 g/mol. The van der Waals surface area contributed by atoms with Crippen LogP contribution in [0.15, 0.2) is 25.3 Å². The van der Waals surface area contributed by atoms with E-state index in [4.69, 9.17) is 9.68 Å². The molecule has 0 aromatic heterocycles. The predicted octanol–water partition coefficient (Wildman–Crippen LogP) is 1.71. The monoisotopic (exact) mass is 226 g/mol. The Morgan fingerprint density at radius 2 is 1.38 bits per heavy atom. The van der Waals surface area contributed by atoms with Crippen molar-refractivity contribution in [3.8, 4) is 0 Å². The second-order valence-corrected chi connectivity index (χ2v) is 3.93. The molecule has 16 heavy (non-hydrogen) atoms. The van der Waals surface area contributed by atoms with E-state index in [1.54, 1.807) is 12.2 Å². The lowest BCUT2D eigenvalue weighted by Crippen LogP contribution is -2.49. The molecule has 1 rings (SSSR count). The van der Waals surface area contributed by atoms with E-state index in [9.17, 15) is 0 Å². The summed E-state index contributed by atoms with van der Waals surface area (Å²) in [7, 11) is 0. The smallest absolute Gasteiger partial charge is 0.0861 e. The standard InChI is InChI=1S/C12H22N2O2/c1-3-9-15-13-11-7-5-6-8-12(11)14-16-10-4-2/h3-4,11-14H,1-2,5-10H2/t11-,12-/m1/s1. The van der Waals surface area contributed by atoms with Gasteiger partial charge in [-0.3, -0.25) is 9.68 Å². The van der Waals surface area contributed by atoms with E-state index in [1.165, 1.54) is 12.8 Å². The Kier molecular flexibility index (Phi) is 7.09. The Morgan fingerprint density at radius 3 is 1.75 bits per heavy atom. The largest absolute Gasteiger partial charge is 0.297 e. The molecular weight excluding hydrogens is 204 g/mol. The molecule has 0 amide bonds. The van der Waals surface area contributed by atoms with Gasteiger partial charge in [0.25, 0.3) is 0 Å². The second-order valence-electron chi connectivity index (χ2n) is 3.93. The third kappa shape index (κ3) is 4.90. The Bertz CT molecular complexity index is 187. The highest BCUT2D eigenvalue weighted by atomic mass is 16.7. The fourth-order valence-corrected chi connectivity index (χ4v) is 1.84. The van der Waals surface area contributed by atoms with Crippen LogP contribution in [0.2, 0.25) is 0 Å². The summed E-state index contributed by atoms with van der Waals surface area (Å²) in [5, 5.41) is 0. The van der Waals surface area contributed by atoms with Gasteiger partial charge in [-0.15, -0.1) is 13.2 Å². The van der Waals surface area contributed by atoms with Crippen molar-refractivity contribution in [2.24, 2.45) is 0 Å². The first-order valence-electron chi connectivity index (χ1n) is 5.85. The fraction of sp³-hybridized carbons (Fsp3) is 0.667. The zero-order valence-corrected chi connectivity index (χ0v) is 9.78. The van der Waals surface area contributed by atoms with E-state index >= 15 is 0 Å². The lowest BCUT2D eigenvalue weighted by atomic mass is 9.91. The first-order chi connectivity index (χ1) is 7.88. The number of hydrogen-bond acceptors (Lipinski definition) is 4. The molecule has 0 radical (unpaired) electrons. The molecule has 1 aliphatic rings. The van der Waals surface area contributed by atoms with Crippen molar-refractivity contribution in [2.45, 2.75) is 37.8 Å². The van der Waals surface area contributed by atoms with Gasteiger partial charge < -0.3 is 0 Å². The van der Waals surface area contributed by atoms with Crippen molar-refractivity contribution < 1.29 is 9.68 Å². The van der Waals surface area contributed by atoms with E-state index in [-0.39, 0.29) is 0 Å². The maximum Gasteiger partial charge on any atom is 0.0861 e. The van der Waals surface area contributed by atoms with E-state index in [0.29, 0.717) is 25.3 Å². The third-order valence-corrected chi connectivity index (χ3v) is 2.64. The summed E-state index contributed by atoms with van der Waals surface area (Å²) in [6.45, 7) is 8.26. The molecule has 92 valence electrons. The van der Waals surface area contributed by atoms with Crippen molar-refractivity contribution in [2.75, 3.05) is 13.2 Å². The highest BCUT2D eigenvalue weighted by Gasteiger charge is 2.25.